The predicted molar refractivity (Wildman–Crippen MR) is 101 cm³/mol. The van der Waals surface area contributed by atoms with Crippen molar-refractivity contribution in [2.45, 2.75) is 38.7 Å². The summed E-state index contributed by atoms with van der Waals surface area (Å²) < 4.78 is 33.2. The Hall–Kier alpha value is -2.23. The lowest BCUT2D eigenvalue weighted by atomic mass is 10.1. The molecule has 0 radical (unpaired) electrons. The van der Waals surface area contributed by atoms with E-state index in [1.807, 2.05) is 32.0 Å². The van der Waals surface area contributed by atoms with Crippen LogP contribution in [-0.2, 0) is 19.6 Å². The molecule has 1 aliphatic rings. The van der Waals surface area contributed by atoms with Crippen LogP contribution in [0.4, 0.5) is 5.69 Å². The van der Waals surface area contributed by atoms with Gasteiger partial charge in [0.15, 0.2) is 0 Å². The highest BCUT2D eigenvalue weighted by molar-refractivity contribution is 7.89. The van der Waals surface area contributed by atoms with Gasteiger partial charge < -0.3 is 9.64 Å². The molecule has 1 saturated heterocycles. The van der Waals surface area contributed by atoms with Crippen molar-refractivity contribution in [3.05, 3.63) is 40.7 Å². The van der Waals surface area contributed by atoms with Crippen LogP contribution in [0.3, 0.4) is 0 Å². The zero-order valence-electron chi connectivity index (χ0n) is 15.9. The van der Waals surface area contributed by atoms with Gasteiger partial charge in [0, 0.05) is 12.2 Å². The molecule has 2 heterocycles. The Morgan fingerprint density at radius 2 is 2.00 bits per heavy atom. The molecule has 1 unspecified atom stereocenters. The third kappa shape index (κ3) is 4.05. The fourth-order valence-electron chi connectivity index (χ4n) is 3.10. The Kier molecular flexibility index (Phi) is 5.36. The molecule has 9 heteroatoms. The van der Waals surface area contributed by atoms with Gasteiger partial charge in [0.05, 0.1) is 24.0 Å². The van der Waals surface area contributed by atoms with Gasteiger partial charge >= 0.3 is 0 Å². The minimum Gasteiger partial charge on any atom is -0.365 e. The first-order valence-corrected chi connectivity index (χ1v) is 10.2. The van der Waals surface area contributed by atoms with Crippen molar-refractivity contribution in [3.8, 4) is 0 Å². The maximum absolute atomic E-state index is 12.6. The van der Waals surface area contributed by atoms with E-state index in [1.165, 1.54) is 0 Å². The van der Waals surface area contributed by atoms with Crippen molar-refractivity contribution in [1.29, 1.82) is 0 Å². The van der Waals surface area contributed by atoms with E-state index in [-0.39, 0.29) is 30.5 Å². The lowest BCUT2D eigenvalue weighted by Crippen LogP contribution is -2.50. The Morgan fingerprint density at radius 3 is 2.63 bits per heavy atom. The van der Waals surface area contributed by atoms with Crippen LogP contribution in [0.5, 0.6) is 0 Å². The van der Waals surface area contributed by atoms with Crippen molar-refractivity contribution in [1.82, 2.24) is 14.9 Å². The fraction of sp³-hybridized carbons (Fsp3) is 0.444. The summed E-state index contributed by atoms with van der Waals surface area (Å²) in [6.07, 6.45) is -0.438. The van der Waals surface area contributed by atoms with E-state index >= 15 is 0 Å². The van der Waals surface area contributed by atoms with Crippen LogP contribution in [0.1, 0.15) is 22.5 Å². The van der Waals surface area contributed by atoms with Gasteiger partial charge in [-0.1, -0.05) is 6.07 Å². The SMILES string of the molecule is Cc1ccc(N2CC(CNS(=O)(=O)c3c(C)n[nH]c3C)OCC2=O)cc1C. The second-order valence-electron chi connectivity index (χ2n) is 6.82. The number of hydrogen-bond acceptors (Lipinski definition) is 5. The number of anilines is 1. The number of amides is 1. The van der Waals surface area contributed by atoms with E-state index in [0.717, 1.165) is 16.8 Å². The molecule has 1 aromatic carbocycles. The number of sulfonamides is 1. The molecule has 27 heavy (non-hydrogen) atoms. The lowest BCUT2D eigenvalue weighted by Gasteiger charge is -2.33. The van der Waals surface area contributed by atoms with Crippen LogP contribution < -0.4 is 9.62 Å². The average molecular weight is 392 g/mol. The lowest BCUT2D eigenvalue weighted by molar-refractivity contribution is -0.129. The first-order chi connectivity index (χ1) is 12.7. The molecule has 8 nitrogen and oxygen atoms in total. The molecule has 0 aliphatic carbocycles. The molecule has 146 valence electrons. The van der Waals surface area contributed by atoms with Crippen molar-refractivity contribution < 1.29 is 17.9 Å². The quantitative estimate of drug-likeness (QED) is 0.799. The van der Waals surface area contributed by atoms with E-state index in [4.69, 9.17) is 4.74 Å². The van der Waals surface area contributed by atoms with Gasteiger partial charge in [-0.05, 0) is 51.0 Å². The van der Waals surface area contributed by atoms with E-state index in [2.05, 4.69) is 14.9 Å². The van der Waals surface area contributed by atoms with Crippen molar-refractivity contribution in [2.75, 3.05) is 24.6 Å². The highest BCUT2D eigenvalue weighted by atomic mass is 32.2. The molecule has 1 atom stereocenters. The van der Waals surface area contributed by atoms with Gasteiger partial charge in [0.1, 0.15) is 11.5 Å². The minimum atomic E-state index is -3.71. The number of morpholine rings is 1. The van der Waals surface area contributed by atoms with Gasteiger partial charge in [-0.3, -0.25) is 9.89 Å². The van der Waals surface area contributed by atoms with Gasteiger partial charge in [-0.15, -0.1) is 0 Å². The summed E-state index contributed by atoms with van der Waals surface area (Å²) in [6, 6.07) is 5.82. The van der Waals surface area contributed by atoms with Crippen LogP contribution >= 0.6 is 0 Å². The largest absolute Gasteiger partial charge is 0.365 e. The van der Waals surface area contributed by atoms with Gasteiger partial charge in [0.25, 0.3) is 5.91 Å². The maximum Gasteiger partial charge on any atom is 0.253 e. The van der Waals surface area contributed by atoms with Crippen LogP contribution in [0.2, 0.25) is 0 Å². The zero-order chi connectivity index (χ0) is 19.8. The number of nitrogens with zero attached hydrogens (tertiary/aromatic N) is 2. The number of H-pyrrole nitrogens is 1. The van der Waals surface area contributed by atoms with Crippen molar-refractivity contribution >= 4 is 21.6 Å². The Morgan fingerprint density at radius 1 is 1.26 bits per heavy atom. The topological polar surface area (TPSA) is 104 Å². The summed E-state index contributed by atoms with van der Waals surface area (Å²) in [4.78, 5) is 14.1. The average Bonchev–Trinajstić information content (AvgIpc) is 2.96. The monoisotopic (exact) mass is 392 g/mol. The molecule has 1 amide bonds. The molecule has 1 aliphatic heterocycles. The first-order valence-electron chi connectivity index (χ1n) is 8.69. The molecule has 2 N–H and O–H groups in total. The molecule has 2 aromatic rings. The first kappa shape index (κ1) is 19.5. The Balaban J connectivity index is 1.71. The van der Waals surface area contributed by atoms with Crippen molar-refractivity contribution in [3.63, 3.8) is 0 Å². The van der Waals surface area contributed by atoms with E-state index < -0.39 is 16.1 Å². The number of aryl methyl sites for hydroxylation is 4. The normalized spacial score (nSPS) is 18.1. The summed E-state index contributed by atoms with van der Waals surface area (Å²) in [7, 11) is -3.71. The number of carbonyl (C=O) groups is 1. The summed E-state index contributed by atoms with van der Waals surface area (Å²) in [5.74, 6) is -0.140. The molecule has 0 spiro atoms. The zero-order valence-corrected chi connectivity index (χ0v) is 16.7. The Bertz CT molecular complexity index is 948. The molecule has 0 bridgehead atoms. The van der Waals surface area contributed by atoms with Crippen LogP contribution in [0, 0.1) is 27.7 Å². The molecular formula is C18H24N4O4S. The summed E-state index contributed by atoms with van der Waals surface area (Å²) in [5.41, 5.74) is 3.93. The summed E-state index contributed by atoms with van der Waals surface area (Å²) in [5, 5.41) is 6.60. The standard InChI is InChI=1S/C18H24N4O4S/c1-11-5-6-15(7-12(11)2)22-9-16(26-10-17(22)23)8-19-27(24,25)18-13(3)20-21-14(18)4/h5-7,16,19H,8-10H2,1-4H3,(H,20,21). The fourth-order valence-corrected chi connectivity index (χ4v) is 4.54. The maximum atomic E-state index is 12.6. The summed E-state index contributed by atoms with van der Waals surface area (Å²) in [6.45, 7) is 7.57. The number of carbonyl (C=O) groups excluding carboxylic acids is 1. The molecule has 3 rings (SSSR count). The minimum absolute atomic E-state index is 0.0705. The second-order valence-corrected chi connectivity index (χ2v) is 8.52. The van der Waals surface area contributed by atoms with E-state index in [1.54, 1.807) is 18.7 Å². The van der Waals surface area contributed by atoms with Crippen LogP contribution in [0.15, 0.2) is 23.1 Å². The molecule has 1 aromatic heterocycles. The van der Waals surface area contributed by atoms with Crippen LogP contribution in [0.25, 0.3) is 0 Å². The van der Waals surface area contributed by atoms with Gasteiger partial charge in [0.2, 0.25) is 10.0 Å². The predicted octanol–water partition coefficient (Wildman–Crippen LogP) is 1.35. The van der Waals surface area contributed by atoms with E-state index in [9.17, 15) is 13.2 Å². The number of ether oxygens (including phenoxy) is 1. The Labute approximate surface area is 159 Å². The van der Waals surface area contributed by atoms with E-state index in [0.29, 0.717) is 11.4 Å². The highest BCUT2D eigenvalue weighted by Gasteiger charge is 2.30. The highest BCUT2D eigenvalue weighted by Crippen LogP contribution is 2.22. The summed E-state index contributed by atoms with van der Waals surface area (Å²) >= 11 is 0. The number of nitrogens with one attached hydrogen (secondary N) is 2. The number of rotatable bonds is 5. The number of aromatic nitrogens is 2. The van der Waals surface area contributed by atoms with Gasteiger partial charge in [-0.2, -0.15) is 5.10 Å². The third-order valence-electron chi connectivity index (χ3n) is 4.76. The van der Waals surface area contributed by atoms with Gasteiger partial charge in [-0.25, -0.2) is 13.1 Å². The smallest absolute Gasteiger partial charge is 0.253 e. The second kappa shape index (κ2) is 7.41. The van der Waals surface area contributed by atoms with Crippen molar-refractivity contribution in [2.24, 2.45) is 0 Å². The molecular weight excluding hydrogens is 368 g/mol. The van der Waals surface area contributed by atoms with Crippen LogP contribution in [-0.4, -0.2) is 50.3 Å². The third-order valence-corrected chi connectivity index (χ3v) is 6.45. The molecule has 1 fully saturated rings. The molecule has 0 saturated carbocycles. The number of hydrogen-bond donors (Lipinski definition) is 2. The number of benzene rings is 1. The number of aromatic amines is 1.